The summed E-state index contributed by atoms with van der Waals surface area (Å²) in [4.78, 5) is 17.3. The first-order valence-electron chi connectivity index (χ1n) is 5.67. The summed E-state index contributed by atoms with van der Waals surface area (Å²) in [5, 5.41) is 0. The molecule has 1 aromatic heterocycles. The number of halogens is 1. The van der Waals surface area contributed by atoms with Crippen LogP contribution in [0.5, 0.6) is 11.6 Å². The molecule has 1 aromatic carbocycles. The minimum atomic E-state index is -0.0756. The van der Waals surface area contributed by atoms with Gasteiger partial charge in [-0.15, -0.1) is 0 Å². The number of carbonyl (C=O) groups is 1. The minimum Gasteiger partial charge on any atom is -0.439 e. The maximum Gasteiger partial charge on any atom is 0.254 e. The van der Waals surface area contributed by atoms with Gasteiger partial charge in [0.05, 0.1) is 5.56 Å². The number of hydrogen-bond donors (Lipinski definition) is 0. The highest BCUT2D eigenvalue weighted by atomic mass is 127. The van der Waals surface area contributed by atoms with Crippen molar-refractivity contribution in [1.82, 2.24) is 9.88 Å². The largest absolute Gasteiger partial charge is 0.439 e. The van der Waals surface area contributed by atoms with Gasteiger partial charge in [-0.3, -0.25) is 4.79 Å². The van der Waals surface area contributed by atoms with Crippen molar-refractivity contribution in [3.63, 3.8) is 0 Å². The third-order valence-electron chi connectivity index (χ3n) is 2.41. The van der Waals surface area contributed by atoms with E-state index in [0.29, 0.717) is 11.4 Å². The summed E-state index contributed by atoms with van der Waals surface area (Å²) in [6, 6.07) is 11.1. The van der Waals surface area contributed by atoms with E-state index in [2.05, 4.69) is 27.6 Å². The number of hydrogen-bond acceptors (Lipinski definition) is 3. The van der Waals surface area contributed by atoms with Gasteiger partial charge in [0.15, 0.2) is 0 Å². The number of rotatable bonds is 3. The van der Waals surface area contributed by atoms with Crippen molar-refractivity contribution in [3.05, 3.63) is 51.7 Å². The van der Waals surface area contributed by atoms with E-state index in [4.69, 9.17) is 4.74 Å². The number of carbonyl (C=O) groups excluding carboxylic acids is 1. The molecule has 0 bridgehead atoms. The Morgan fingerprint density at radius 3 is 2.63 bits per heavy atom. The van der Waals surface area contributed by atoms with Gasteiger partial charge in [0.2, 0.25) is 5.88 Å². The van der Waals surface area contributed by atoms with Crippen LogP contribution in [0.3, 0.4) is 0 Å². The molecule has 0 aliphatic carbocycles. The lowest BCUT2D eigenvalue weighted by molar-refractivity contribution is 0.0827. The molecule has 0 spiro atoms. The van der Waals surface area contributed by atoms with Crippen LogP contribution in [-0.4, -0.2) is 29.9 Å². The maximum absolute atomic E-state index is 11.7. The lowest BCUT2D eigenvalue weighted by atomic mass is 10.2. The van der Waals surface area contributed by atoms with Crippen LogP contribution >= 0.6 is 22.6 Å². The molecule has 1 heterocycles. The molecular weight excluding hydrogens is 355 g/mol. The number of amides is 1. The normalized spacial score (nSPS) is 10.1. The van der Waals surface area contributed by atoms with Crippen molar-refractivity contribution in [2.75, 3.05) is 14.1 Å². The lowest BCUT2D eigenvalue weighted by Crippen LogP contribution is -2.21. The molecule has 0 fully saturated rings. The predicted molar refractivity (Wildman–Crippen MR) is 81.5 cm³/mol. The zero-order valence-corrected chi connectivity index (χ0v) is 12.8. The second kappa shape index (κ2) is 6.01. The van der Waals surface area contributed by atoms with E-state index >= 15 is 0 Å². The Morgan fingerprint density at radius 1 is 1.26 bits per heavy atom. The molecular formula is C14H13IN2O2. The highest BCUT2D eigenvalue weighted by Gasteiger charge is 2.08. The van der Waals surface area contributed by atoms with Crippen molar-refractivity contribution in [1.29, 1.82) is 0 Å². The van der Waals surface area contributed by atoms with Gasteiger partial charge in [-0.25, -0.2) is 4.98 Å². The number of aromatic nitrogens is 1. The van der Waals surface area contributed by atoms with Crippen LogP contribution in [0.25, 0.3) is 0 Å². The summed E-state index contributed by atoms with van der Waals surface area (Å²) in [6.07, 6.45) is 1.52. The molecule has 0 saturated heterocycles. The van der Waals surface area contributed by atoms with Crippen LogP contribution in [0.4, 0.5) is 0 Å². The Labute approximate surface area is 125 Å². The van der Waals surface area contributed by atoms with Crippen LogP contribution in [0, 0.1) is 3.57 Å². The standard InChI is InChI=1S/C14H13IN2O2/c1-17(2)14(18)10-6-7-13(16-9-10)19-12-5-3-4-11(15)8-12/h3-9H,1-2H3. The van der Waals surface area contributed by atoms with E-state index in [-0.39, 0.29) is 5.91 Å². The first kappa shape index (κ1) is 13.8. The Bertz CT molecular complexity index is 582. The van der Waals surface area contributed by atoms with Crippen molar-refractivity contribution >= 4 is 28.5 Å². The molecule has 2 rings (SSSR count). The van der Waals surface area contributed by atoms with Gasteiger partial charge in [0, 0.05) is 29.9 Å². The molecule has 0 aliphatic rings. The van der Waals surface area contributed by atoms with Gasteiger partial charge >= 0.3 is 0 Å². The summed E-state index contributed by atoms with van der Waals surface area (Å²) in [5.41, 5.74) is 0.542. The number of ether oxygens (including phenoxy) is 1. The van der Waals surface area contributed by atoms with Crippen LogP contribution < -0.4 is 4.74 Å². The molecule has 0 saturated carbocycles. The SMILES string of the molecule is CN(C)C(=O)c1ccc(Oc2cccc(I)c2)nc1. The summed E-state index contributed by atoms with van der Waals surface area (Å²) in [7, 11) is 3.41. The zero-order valence-electron chi connectivity index (χ0n) is 10.6. The molecule has 0 unspecified atom stereocenters. The lowest BCUT2D eigenvalue weighted by Gasteiger charge is -2.10. The molecule has 0 N–H and O–H groups in total. The van der Waals surface area contributed by atoms with E-state index in [9.17, 15) is 4.79 Å². The average Bonchev–Trinajstić information content (AvgIpc) is 2.39. The molecule has 4 nitrogen and oxygen atoms in total. The fraction of sp³-hybridized carbons (Fsp3) is 0.143. The molecule has 5 heteroatoms. The summed E-state index contributed by atoms with van der Waals surface area (Å²) in [6.45, 7) is 0. The van der Waals surface area contributed by atoms with Gasteiger partial charge < -0.3 is 9.64 Å². The predicted octanol–water partition coefficient (Wildman–Crippen LogP) is 3.18. The van der Waals surface area contributed by atoms with Gasteiger partial charge in [-0.05, 0) is 46.9 Å². The van der Waals surface area contributed by atoms with Gasteiger partial charge in [0.1, 0.15) is 5.75 Å². The highest BCUT2D eigenvalue weighted by molar-refractivity contribution is 14.1. The quantitative estimate of drug-likeness (QED) is 0.782. The summed E-state index contributed by atoms with van der Waals surface area (Å²) in [5.74, 6) is 1.12. The van der Waals surface area contributed by atoms with Crippen molar-refractivity contribution in [3.8, 4) is 11.6 Å². The molecule has 98 valence electrons. The first-order valence-corrected chi connectivity index (χ1v) is 6.75. The molecule has 1 amide bonds. The minimum absolute atomic E-state index is 0.0756. The summed E-state index contributed by atoms with van der Waals surface area (Å²) >= 11 is 2.22. The van der Waals surface area contributed by atoms with Crippen LogP contribution in [0.15, 0.2) is 42.6 Å². The fourth-order valence-corrected chi connectivity index (χ4v) is 1.99. The maximum atomic E-state index is 11.7. The second-order valence-electron chi connectivity index (χ2n) is 4.14. The monoisotopic (exact) mass is 368 g/mol. The van der Waals surface area contributed by atoms with Crippen LogP contribution in [-0.2, 0) is 0 Å². The molecule has 0 aliphatic heterocycles. The number of benzene rings is 1. The van der Waals surface area contributed by atoms with Crippen molar-refractivity contribution in [2.24, 2.45) is 0 Å². The molecule has 0 atom stereocenters. The van der Waals surface area contributed by atoms with E-state index in [0.717, 1.165) is 9.32 Å². The third-order valence-corrected chi connectivity index (χ3v) is 3.08. The Kier molecular flexibility index (Phi) is 4.36. The van der Waals surface area contributed by atoms with Crippen LogP contribution in [0.1, 0.15) is 10.4 Å². The fourth-order valence-electron chi connectivity index (χ4n) is 1.48. The molecule has 19 heavy (non-hydrogen) atoms. The molecule has 2 aromatic rings. The smallest absolute Gasteiger partial charge is 0.254 e. The van der Waals surface area contributed by atoms with E-state index in [1.54, 1.807) is 26.2 Å². The van der Waals surface area contributed by atoms with E-state index in [1.165, 1.54) is 11.1 Å². The Balaban J connectivity index is 2.13. The highest BCUT2D eigenvalue weighted by Crippen LogP contribution is 2.21. The van der Waals surface area contributed by atoms with Crippen molar-refractivity contribution in [2.45, 2.75) is 0 Å². The first-order chi connectivity index (χ1) is 9.06. The van der Waals surface area contributed by atoms with Crippen molar-refractivity contribution < 1.29 is 9.53 Å². The number of nitrogens with zero attached hydrogens (tertiary/aromatic N) is 2. The zero-order chi connectivity index (χ0) is 13.8. The Morgan fingerprint density at radius 2 is 2.05 bits per heavy atom. The number of pyridine rings is 1. The average molecular weight is 368 g/mol. The second-order valence-corrected chi connectivity index (χ2v) is 5.39. The van der Waals surface area contributed by atoms with E-state index < -0.39 is 0 Å². The van der Waals surface area contributed by atoms with E-state index in [1.807, 2.05) is 24.3 Å². The third kappa shape index (κ3) is 3.66. The Hall–Kier alpha value is -1.63. The summed E-state index contributed by atoms with van der Waals surface area (Å²) < 4.78 is 6.71. The van der Waals surface area contributed by atoms with Gasteiger partial charge in [-0.1, -0.05) is 6.07 Å². The van der Waals surface area contributed by atoms with Gasteiger partial charge in [-0.2, -0.15) is 0 Å². The topological polar surface area (TPSA) is 42.4 Å². The molecule has 0 radical (unpaired) electrons. The van der Waals surface area contributed by atoms with Gasteiger partial charge in [0.25, 0.3) is 5.91 Å². The van der Waals surface area contributed by atoms with Crippen LogP contribution in [0.2, 0.25) is 0 Å².